The highest BCUT2D eigenvalue weighted by Crippen LogP contribution is 2.52. The molecule has 0 bridgehead atoms. The zero-order valence-electron chi connectivity index (χ0n) is 9.09. The lowest BCUT2D eigenvalue weighted by molar-refractivity contribution is 0.141. The molecule has 0 radical (unpaired) electrons. The highest BCUT2D eigenvalue weighted by Gasteiger charge is 2.33. The van der Waals surface area contributed by atoms with Gasteiger partial charge in [-0.05, 0) is 6.42 Å². The van der Waals surface area contributed by atoms with Gasteiger partial charge in [-0.15, -0.1) is 0 Å². The van der Waals surface area contributed by atoms with Gasteiger partial charge < -0.3 is 13.6 Å². The van der Waals surface area contributed by atoms with Gasteiger partial charge in [0.1, 0.15) is 0 Å². The largest absolute Gasteiger partial charge is 0.324 e. The van der Waals surface area contributed by atoms with E-state index in [0.717, 1.165) is 0 Å². The van der Waals surface area contributed by atoms with Crippen molar-refractivity contribution in [2.24, 2.45) is 0 Å². The molecule has 0 saturated carbocycles. The highest BCUT2D eigenvalue weighted by atomic mass is 32.3. The summed E-state index contributed by atoms with van der Waals surface area (Å²) < 4.78 is 41.0. The molecule has 0 aromatic carbocycles. The fourth-order valence-corrected chi connectivity index (χ4v) is 4.16. The Balaban J connectivity index is 2.55. The maximum atomic E-state index is 12.0. The SMILES string of the molecule is CCP(=O)(CC)OC1CCOS(O)(O)C1. The summed E-state index contributed by atoms with van der Waals surface area (Å²) in [7, 11) is -5.54. The molecule has 92 valence electrons. The Labute approximate surface area is 92.2 Å². The minimum absolute atomic E-state index is 0.0387. The van der Waals surface area contributed by atoms with Crippen LogP contribution in [0.4, 0.5) is 0 Å². The Kier molecular flexibility index (Phi) is 4.64. The quantitative estimate of drug-likeness (QED) is 0.758. The van der Waals surface area contributed by atoms with Crippen LogP contribution in [-0.2, 0) is 13.3 Å². The Hall–Kier alpha value is 0.420. The van der Waals surface area contributed by atoms with Gasteiger partial charge in [-0.1, -0.05) is 13.8 Å². The molecule has 0 spiro atoms. The molecule has 7 heteroatoms. The van der Waals surface area contributed by atoms with E-state index in [1.807, 2.05) is 13.8 Å². The second-order valence-electron chi connectivity index (χ2n) is 3.56. The second kappa shape index (κ2) is 5.17. The van der Waals surface area contributed by atoms with Gasteiger partial charge in [0.25, 0.3) is 0 Å². The third-order valence-corrected chi connectivity index (χ3v) is 6.38. The van der Waals surface area contributed by atoms with Crippen LogP contribution in [0.2, 0.25) is 0 Å². The molecule has 0 aliphatic carbocycles. The normalized spacial score (nSPS) is 28.7. The van der Waals surface area contributed by atoms with Gasteiger partial charge >= 0.3 is 0 Å². The summed E-state index contributed by atoms with van der Waals surface area (Å²) in [5.74, 6) is 0.0387. The molecule has 1 atom stereocenters. The summed E-state index contributed by atoms with van der Waals surface area (Å²) in [6, 6.07) is 0. The zero-order chi connectivity index (χ0) is 11.5. The van der Waals surface area contributed by atoms with Crippen molar-refractivity contribution in [1.82, 2.24) is 0 Å². The van der Waals surface area contributed by atoms with Crippen molar-refractivity contribution in [2.45, 2.75) is 26.4 Å². The van der Waals surface area contributed by atoms with Gasteiger partial charge in [-0.3, -0.25) is 8.75 Å². The molecule has 15 heavy (non-hydrogen) atoms. The van der Waals surface area contributed by atoms with Crippen molar-refractivity contribution in [2.75, 3.05) is 24.7 Å². The van der Waals surface area contributed by atoms with Gasteiger partial charge in [0, 0.05) is 12.3 Å². The molecular formula is C8H19O5PS. The smallest absolute Gasteiger partial charge is 0.202 e. The van der Waals surface area contributed by atoms with Gasteiger partial charge in [-0.2, -0.15) is 0 Å². The topological polar surface area (TPSA) is 76.0 Å². The molecule has 0 amide bonds. The van der Waals surface area contributed by atoms with Crippen LogP contribution in [0, 0.1) is 0 Å². The predicted octanol–water partition coefficient (Wildman–Crippen LogP) is 2.78. The first-order chi connectivity index (χ1) is 6.91. The standard InChI is InChI=1S/C8H19O5PS/c1-3-14(9,4-2)13-8-5-6-12-15(10,11)7-8/h8,10-11H,3-7H2,1-2H3. The fourth-order valence-electron chi connectivity index (χ4n) is 1.41. The Morgan fingerprint density at radius 1 is 1.47 bits per heavy atom. The van der Waals surface area contributed by atoms with E-state index in [0.29, 0.717) is 18.7 Å². The van der Waals surface area contributed by atoms with E-state index in [2.05, 4.69) is 0 Å². The first kappa shape index (κ1) is 13.5. The van der Waals surface area contributed by atoms with Crippen LogP contribution >= 0.6 is 18.2 Å². The summed E-state index contributed by atoms with van der Waals surface area (Å²) in [5, 5.41) is 0. The summed E-state index contributed by atoms with van der Waals surface area (Å²) in [6.45, 7) is 3.89. The Morgan fingerprint density at radius 2 is 2.07 bits per heavy atom. The lowest BCUT2D eigenvalue weighted by atomic mass is 10.3. The van der Waals surface area contributed by atoms with Crippen LogP contribution in [0.3, 0.4) is 0 Å². The predicted molar refractivity (Wildman–Crippen MR) is 61.8 cm³/mol. The van der Waals surface area contributed by atoms with E-state index in [9.17, 15) is 13.7 Å². The minimum Gasteiger partial charge on any atom is -0.324 e. The minimum atomic E-state index is -2.97. The van der Waals surface area contributed by atoms with Crippen molar-refractivity contribution in [3.05, 3.63) is 0 Å². The van der Waals surface area contributed by atoms with E-state index < -0.39 is 18.2 Å². The van der Waals surface area contributed by atoms with Gasteiger partial charge in [-0.25, -0.2) is 0 Å². The van der Waals surface area contributed by atoms with E-state index in [-0.39, 0.29) is 18.5 Å². The molecule has 5 nitrogen and oxygen atoms in total. The van der Waals surface area contributed by atoms with E-state index in [1.165, 1.54) is 0 Å². The maximum Gasteiger partial charge on any atom is 0.202 e. The molecule has 0 aromatic heterocycles. The highest BCUT2D eigenvalue weighted by molar-refractivity contribution is 8.20. The molecule has 0 aromatic rings. The molecule has 1 aliphatic rings. The van der Waals surface area contributed by atoms with Crippen LogP contribution in [0.1, 0.15) is 20.3 Å². The zero-order valence-corrected chi connectivity index (χ0v) is 10.8. The van der Waals surface area contributed by atoms with Gasteiger partial charge in [0.15, 0.2) is 0 Å². The maximum absolute atomic E-state index is 12.0. The van der Waals surface area contributed by atoms with Crippen molar-refractivity contribution < 1.29 is 22.4 Å². The van der Waals surface area contributed by atoms with Crippen molar-refractivity contribution >= 4 is 18.2 Å². The molecule has 1 fully saturated rings. The van der Waals surface area contributed by atoms with Crippen molar-refractivity contribution in [3.8, 4) is 0 Å². The van der Waals surface area contributed by atoms with E-state index in [4.69, 9.17) is 8.71 Å². The van der Waals surface area contributed by atoms with Crippen molar-refractivity contribution in [3.63, 3.8) is 0 Å². The van der Waals surface area contributed by atoms with Gasteiger partial charge in [0.2, 0.25) is 7.37 Å². The molecule has 1 aliphatic heterocycles. The first-order valence-corrected chi connectivity index (χ1v) is 8.71. The Bertz CT molecular complexity index is 249. The molecule has 1 unspecified atom stereocenters. The van der Waals surface area contributed by atoms with Crippen molar-refractivity contribution in [1.29, 1.82) is 0 Å². The summed E-state index contributed by atoms with van der Waals surface area (Å²) in [4.78, 5) is 0. The van der Waals surface area contributed by atoms with Crippen LogP contribution in [-0.4, -0.2) is 39.9 Å². The lowest BCUT2D eigenvalue weighted by Gasteiger charge is -2.36. The molecule has 2 N–H and O–H groups in total. The second-order valence-corrected chi connectivity index (χ2v) is 8.45. The number of hydrogen-bond acceptors (Lipinski definition) is 5. The lowest BCUT2D eigenvalue weighted by Crippen LogP contribution is -2.29. The molecule has 1 saturated heterocycles. The Morgan fingerprint density at radius 3 is 2.53 bits per heavy atom. The average molecular weight is 258 g/mol. The monoisotopic (exact) mass is 258 g/mol. The van der Waals surface area contributed by atoms with Crippen LogP contribution < -0.4 is 0 Å². The summed E-state index contributed by atoms with van der Waals surface area (Å²) in [6.07, 6.45) is 1.19. The molecular weight excluding hydrogens is 239 g/mol. The van der Waals surface area contributed by atoms with Gasteiger partial charge in [0.05, 0.1) is 29.3 Å². The third kappa shape index (κ3) is 4.06. The molecule has 1 heterocycles. The van der Waals surface area contributed by atoms with Crippen LogP contribution in [0.25, 0.3) is 0 Å². The van der Waals surface area contributed by atoms with Crippen LogP contribution in [0.5, 0.6) is 0 Å². The van der Waals surface area contributed by atoms with Crippen LogP contribution in [0.15, 0.2) is 0 Å². The molecule has 1 rings (SSSR count). The van der Waals surface area contributed by atoms with E-state index in [1.54, 1.807) is 0 Å². The third-order valence-electron chi connectivity index (χ3n) is 2.42. The summed E-state index contributed by atoms with van der Waals surface area (Å²) >= 11 is 0. The number of rotatable bonds is 4. The number of hydrogen-bond donors (Lipinski definition) is 2. The first-order valence-electron chi connectivity index (χ1n) is 5.07. The summed E-state index contributed by atoms with van der Waals surface area (Å²) in [5.41, 5.74) is 0. The fraction of sp³-hybridized carbons (Fsp3) is 1.00. The average Bonchev–Trinajstić information content (AvgIpc) is 2.16. The van der Waals surface area contributed by atoms with E-state index >= 15 is 0 Å².